The smallest absolute Gasteiger partial charge is 0.387 e. The molecule has 2 rings (SSSR count). The minimum atomic E-state index is -2.86. The van der Waals surface area contributed by atoms with Gasteiger partial charge < -0.3 is 4.74 Å². The summed E-state index contributed by atoms with van der Waals surface area (Å²) in [4.78, 5) is 15.9. The molecule has 0 aliphatic rings. The highest BCUT2D eigenvalue weighted by atomic mass is 32.2. The van der Waals surface area contributed by atoms with Crippen molar-refractivity contribution in [2.75, 3.05) is 5.75 Å². The second-order valence-corrected chi connectivity index (χ2v) is 5.53. The Balaban J connectivity index is 1.92. The molecule has 3 nitrogen and oxygen atoms in total. The van der Waals surface area contributed by atoms with E-state index in [4.69, 9.17) is 0 Å². The summed E-state index contributed by atoms with van der Waals surface area (Å²) in [6.45, 7) is -2.86. The van der Waals surface area contributed by atoms with E-state index in [1.54, 1.807) is 6.20 Å². The van der Waals surface area contributed by atoms with Crippen molar-refractivity contribution in [3.05, 3.63) is 41.4 Å². The van der Waals surface area contributed by atoms with Gasteiger partial charge in [-0.05, 0) is 24.3 Å². The normalized spacial score (nSPS) is 10.7. The number of alkyl halides is 2. The number of hydrogen-bond donors (Lipinski definition) is 0. The first-order valence-corrected chi connectivity index (χ1v) is 7.12. The topological polar surface area (TPSA) is 39.2 Å². The van der Waals surface area contributed by atoms with Crippen molar-refractivity contribution < 1.29 is 18.3 Å². The molecule has 0 bridgehead atoms. The number of nitrogens with zero attached hydrogens (tertiary/aromatic N) is 1. The maximum Gasteiger partial charge on any atom is 0.387 e. The lowest BCUT2D eigenvalue weighted by atomic mass is 10.1. The van der Waals surface area contributed by atoms with Gasteiger partial charge in [-0.3, -0.25) is 4.79 Å². The molecule has 2 aromatic rings. The van der Waals surface area contributed by atoms with Crippen LogP contribution in [0.5, 0.6) is 5.75 Å². The van der Waals surface area contributed by atoms with Crippen LogP contribution in [0.4, 0.5) is 8.78 Å². The van der Waals surface area contributed by atoms with Gasteiger partial charge in [-0.1, -0.05) is 11.8 Å². The minimum absolute atomic E-state index is 0.0409. The minimum Gasteiger partial charge on any atom is -0.435 e. The first kappa shape index (κ1) is 14.0. The fraction of sp³-hybridized carbons (Fsp3) is 0.167. The molecule has 0 saturated heterocycles. The highest BCUT2D eigenvalue weighted by Crippen LogP contribution is 2.22. The molecule has 1 heterocycles. The van der Waals surface area contributed by atoms with Crippen molar-refractivity contribution in [1.29, 1.82) is 0 Å². The number of ketones is 1. The highest BCUT2D eigenvalue weighted by molar-refractivity contribution is 8.01. The summed E-state index contributed by atoms with van der Waals surface area (Å²) in [5, 5.41) is 1.84. The number of Topliss-reactive ketones (excluding diaryl/α,β-unsaturated/α-hetero) is 1. The van der Waals surface area contributed by atoms with E-state index in [0.717, 1.165) is 4.34 Å². The van der Waals surface area contributed by atoms with Gasteiger partial charge in [-0.15, -0.1) is 11.3 Å². The first-order valence-electron chi connectivity index (χ1n) is 5.25. The Hall–Kier alpha value is -1.47. The number of carbonyl (C=O) groups is 1. The van der Waals surface area contributed by atoms with E-state index in [1.165, 1.54) is 47.4 Å². The van der Waals surface area contributed by atoms with Gasteiger partial charge in [-0.25, -0.2) is 4.98 Å². The fourth-order valence-electron chi connectivity index (χ4n) is 1.31. The van der Waals surface area contributed by atoms with Crippen LogP contribution >= 0.6 is 23.1 Å². The van der Waals surface area contributed by atoms with Gasteiger partial charge >= 0.3 is 6.61 Å². The highest BCUT2D eigenvalue weighted by Gasteiger charge is 2.09. The average Bonchev–Trinajstić information content (AvgIpc) is 2.89. The molecule has 0 saturated carbocycles. The second-order valence-electron chi connectivity index (χ2n) is 3.41. The van der Waals surface area contributed by atoms with Gasteiger partial charge in [0.1, 0.15) is 10.1 Å². The largest absolute Gasteiger partial charge is 0.435 e. The summed E-state index contributed by atoms with van der Waals surface area (Å²) in [6, 6.07) is 5.66. The summed E-state index contributed by atoms with van der Waals surface area (Å²) < 4.78 is 29.0. The van der Waals surface area contributed by atoms with Gasteiger partial charge in [0.05, 0.1) is 5.75 Å². The lowest BCUT2D eigenvalue weighted by molar-refractivity contribution is -0.0498. The molecule has 19 heavy (non-hydrogen) atoms. The van der Waals surface area contributed by atoms with Crippen LogP contribution < -0.4 is 4.74 Å². The Bertz CT molecular complexity index is 529. The van der Waals surface area contributed by atoms with Crippen molar-refractivity contribution in [3.63, 3.8) is 0 Å². The molecule has 0 N–H and O–H groups in total. The predicted molar refractivity (Wildman–Crippen MR) is 70.2 cm³/mol. The summed E-state index contributed by atoms with van der Waals surface area (Å²) in [6.07, 6.45) is 1.67. The molecule has 0 atom stereocenters. The van der Waals surface area contributed by atoms with Gasteiger partial charge in [0.15, 0.2) is 5.78 Å². The van der Waals surface area contributed by atoms with E-state index in [2.05, 4.69) is 9.72 Å². The van der Waals surface area contributed by atoms with Crippen LogP contribution in [0.1, 0.15) is 10.4 Å². The zero-order valence-electron chi connectivity index (χ0n) is 9.58. The number of ether oxygens (including phenoxy) is 1. The average molecular weight is 301 g/mol. The molecule has 0 unspecified atom stereocenters. The van der Waals surface area contributed by atoms with Gasteiger partial charge in [-0.2, -0.15) is 8.78 Å². The number of hydrogen-bond acceptors (Lipinski definition) is 5. The Morgan fingerprint density at radius 1 is 1.37 bits per heavy atom. The van der Waals surface area contributed by atoms with E-state index >= 15 is 0 Å². The molecule has 1 aromatic carbocycles. The number of rotatable bonds is 6. The van der Waals surface area contributed by atoms with Crippen LogP contribution in [0, 0.1) is 0 Å². The van der Waals surface area contributed by atoms with Crippen LogP contribution in [0.2, 0.25) is 0 Å². The lowest BCUT2D eigenvalue weighted by Crippen LogP contribution is -2.04. The Morgan fingerprint density at radius 3 is 2.68 bits per heavy atom. The lowest BCUT2D eigenvalue weighted by Gasteiger charge is -2.05. The zero-order valence-corrected chi connectivity index (χ0v) is 11.2. The van der Waals surface area contributed by atoms with Crippen LogP contribution in [-0.2, 0) is 0 Å². The Labute approximate surface area is 116 Å². The summed E-state index contributed by atoms with van der Waals surface area (Å²) in [5.41, 5.74) is 0.464. The fourth-order valence-corrected chi connectivity index (χ4v) is 2.85. The molecule has 100 valence electrons. The number of thiazole rings is 1. The van der Waals surface area contributed by atoms with E-state index in [0.29, 0.717) is 5.56 Å². The molecule has 0 fully saturated rings. The van der Waals surface area contributed by atoms with E-state index < -0.39 is 6.61 Å². The SMILES string of the molecule is O=C(CSc1nccs1)c1ccc(OC(F)F)cc1. The van der Waals surface area contributed by atoms with Crippen molar-refractivity contribution in [3.8, 4) is 5.75 Å². The molecular formula is C12H9F2NO2S2. The molecule has 0 aliphatic heterocycles. The van der Waals surface area contributed by atoms with Gasteiger partial charge in [0.25, 0.3) is 0 Å². The number of halogens is 2. The number of carbonyl (C=O) groups excluding carboxylic acids is 1. The number of benzene rings is 1. The second kappa shape index (κ2) is 6.63. The third-order valence-corrected chi connectivity index (χ3v) is 4.10. The van der Waals surface area contributed by atoms with Crippen molar-refractivity contribution >= 4 is 28.9 Å². The predicted octanol–water partition coefficient (Wildman–Crippen LogP) is 3.72. The van der Waals surface area contributed by atoms with Crippen LogP contribution in [0.3, 0.4) is 0 Å². The van der Waals surface area contributed by atoms with E-state index in [9.17, 15) is 13.6 Å². The summed E-state index contributed by atoms with van der Waals surface area (Å²) in [7, 11) is 0. The number of aromatic nitrogens is 1. The van der Waals surface area contributed by atoms with Crippen LogP contribution in [0.15, 0.2) is 40.2 Å². The van der Waals surface area contributed by atoms with Crippen molar-refractivity contribution in [2.24, 2.45) is 0 Å². The first-order chi connectivity index (χ1) is 9.15. The molecule has 0 amide bonds. The third kappa shape index (κ3) is 4.29. The monoisotopic (exact) mass is 301 g/mol. The molecule has 0 aliphatic carbocycles. The standard InChI is InChI=1S/C12H9F2NO2S2/c13-11(14)17-9-3-1-8(2-4-9)10(16)7-19-12-15-5-6-18-12/h1-6,11H,7H2. The van der Waals surface area contributed by atoms with Crippen LogP contribution in [-0.4, -0.2) is 23.1 Å². The molecular weight excluding hydrogens is 292 g/mol. The molecule has 7 heteroatoms. The Morgan fingerprint density at radius 2 is 2.11 bits per heavy atom. The zero-order chi connectivity index (χ0) is 13.7. The quantitative estimate of drug-likeness (QED) is 0.602. The van der Waals surface area contributed by atoms with E-state index in [1.807, 2.05) is 5.38 Å². The Kier molecular flexibility index (Phi) is 4.86. The summed E-state index contributed by atoms with van der Waals surface area (Å²) >= 11 is 2.82. The third-order valence-electron chi connectivity index (χ3n) is 2.14. The van der Waals surface area contributed by atoms with Crippen molar-refractivity contribution in [1.82, 2.24) is 4.98 Å². The van der Waals surface area contributed by atoms with Gasteiger partial charge in [0.2, 0.25) is 0 Å². The summed E-state index contributed by atoms with van der Waals surface area (Å²) in [5.74, 6) is 0.227. The molecule has 1 aromatic heterocycles. The molecule has 0 spiro atoms. The van der Waals surface area contributed by atoms with Crippen LogP contribution in [0.25, 0.3) is 0 Å². The van der Waals surface area contributed by atoms with E-state index in [-0.39, 0.29) is 17.3 Å². The number of thioether (sulfide) groups is 1. The maximum absolute atomic E-state index is 12.0. The van der Waals surface area contributed by atoms with Crippen molar-refractivity contribution in [2.45, 2.75) is 11.0 Å². The maximum atomic E-state index is 12.0. The van der Waals surface area contributed by atoms with Gasteiger partial charge in [0, 0.05) is 17.1 Å². The molecule has 0 radical (unpaired) electrons.